The van der Waals surface area contributed by atoms with E-state index in [1.807, 2.05) is 0 Å². The van der Waals surface area contributed by atoms with Gasteiger partial charge in [-0.25, -0.2) is 0 Å². The van der Waals surface area contributed by atoms with Gasteiger partial charge < -0.3 is 0 Å². The zero-order chi connectivity index (χ0) is 9.80. The van der Waals surface area contributed by atoms with Gasteiger partial charge in [0.25, 0.3) is 0 Å². The second-order valence-corrected chi connectivity index (χ2v) is 3.95. The van der Waals surface area contributed by atoms with E-state index in [-0.39, 0.29) is 0 Å². The fourth-order valence-corrected chi connectivity index (χ4v) is 1.92. The molecule has 0 N–H and O–H groups in total. The minimum atomic E-state index is 0.589. The van der Waals surface area contributed by atoms with Gasteiger partial charge in [0, 0.05) is 12.6 Å². The first-order chi connectivity index (χ1) is 6.86. The molecular weight excluding hydrogens is 170 g/mol. The molecule has 1 heteroatoms. The Kier molecular flexibility index (Phi) is 3.00. The number of hydrogen-bond donors (Lipinski definition) is 0. The van der Waals surface area contributed by atoms with Crippen molar-refractivity contribution in [1.82, 2.24) is 4.90 Å². The van der Waals surface area contributed by atoms with Crippen molar-refractivity contribution in [2.24, 2.45) is 0 Å². The summed E-state index contributed by atoms with van der Waals surface area (Å²) in [5.41, 5.74) is 1.43. The summed E-state index contributed by atoms with van der Waals surface area (Å²) in [7, 11) is 2.21. The summed E-state index contributed by atoms with van der Waals surface area (Å²) >= 11 is 0. The molecule has 0 saturated carbocycles. The van der Waals surface area contributed by atoms with Gasteiger partial charge in [-0.15, -0.1) is 0 Å². The first-order valence-electron chi connectivity index (χ1n) is 5.27. The monoisotopic (exact) mass is 187 g/mol. The van der Waals surface area contributed by atoms with E-state index in [4.69, 9.17) is 0 Å². The summed E-state index contributed by atoms with van der Waals surface area (Å²) in [6, 6.07) is 11.3. The van der Waals surface area contributed by atoms with Crippen LogP contribution in [0.15, 0.2) is 42.5 Å². The van der Waals surface area contributed by atoms with Gasteiger partial charge in [0.1, 0.15) is 0 Å². The van der Waals surface area contributed by atoms with Gasteiger partial charge in [-0.05, 0) is 25.5 Å². The van der Waals surface area contributed by atoms with E-state index in [1.54, 1.807) is 0 Å². The first-order valence-corrected chi connectivity index (χ1v) is 5.27. The van der Waals surface area contributed by atoms with Crippen molar-refractivity contribution in [3.8, 4) is 0 Å². The number of hydrogen-bond acceptors (Lipinski definition) is 1. The highest BCUT2D eigenvalue weighted by molar-refractivity contribution is 5.18. The largest absolute Gasteiger partial charge is 0.299 e. The molecule has 1 aliphatic heterocycles. The maximum Gasteiger partial charge on any atom is 0.0315 e. The van der Waals surface area contributed by atoms with Crippen LogP contribution in [-0.2, 0) is 6.42 Å². The van der Waals surface area contributed by atoms with Gasteiger partial charge >= 0.3 is 0 Å². The van der Waals surface area contributed by atoms with E-state index in [9.17, 15) is 0 Å². The van der Waals surface area contributed by atoms with E-state index in [2.05, 4.69) is 54.4 Å². The lowest BCUT2D eigenvalue weighted by Gasteiger charge is -2.28. The third-order valence-corrected chi connectivity index (χ3v) is 2.86. The first kappa shape index (κ1) is 9.47. The summed E-state index contributed by atoms with van der Waals surface area (Å²) in [5, 5.41) is 0. The number of rotatable bonds is 2. The zero-order valence-electron chi connectivity index (χ0n) is 8.69. The van der Waals surface area contributed by atoms with Gasteiger partial charge in [0.15, 0.2) is 0 Å². The van der Waals surface area contributed by atoms with E-state index in [0.717, 1.165) is 6.42 Å². The molecule has 0 aliphatic carbocycles. The number of benzene rings is 1. The summed E-state index contributed by atoms with van der Waals surface area (Å²) in [4.78, 5) is 2.42. The second-order valence-electron chi connectivity index (χ2n) is 3.95. The van der Waals surface area contributed by atoms with Crippen LogP contribution in [0.5, 0.6) is 0 Å². The van der Waals surface area contributed by atoms with Crippen LogP contribution < -0.4 is 0 Å². The highest BCUT2D eigenvalue weighted by Gasteiger charge is 2.14. The molecule has 0 fully saturated rings. The Morgan fingerprint density at radius 1 is 1.29 bits per heavy atom. The quantitative estimate of drug-likeness (QED) is 0.643. The topological polar surface area (TPSA) is 3.24 Å². The van der Waals surface area contributed by atoms with Gasteiger partial charge in [0.05, 0.1) is 0 Å². The summed E-state index contributed by atoms with van der Waals surface area (Å²) in [6.45, 7) is 1.19. The van der Waals surface area contributed by atoms with Crippen LogP contribution in [-0.4, -0.2) is 24.5 Å². The van der Waals surface area contributed by atoms with Crippen LogP contribution >= 0.6 is 0 Å². The third-order valence-electron chi connectivity index (χ3n) is 2.86. The summed E-state index contributed by atoms with van der Waals surface area (Å²) < 4.78 is 0. The lowest BCUT2D eigenvalue weighted by atomic mass is 10.0. The van der Waals surface area contributed by atoms with Gasteiger partial charge in [0.2, 0.25) is 0 Å². The van der Waals surface area contributed by atoms with Crippen LogP contribution in [0.25, 0.3) is 0 Å². The molecule has 2 rings (SSSR count). The van der Waals surface area contributed by atoms with Crippen molar-refractivity contribution >= 4 is 0 Å². The highest BCUT2D eigenvalue weighted by Crippen LogP contribution is 2.13. The van der Waals surface area contributed by atoms with Crippen LogP contribution in [0.2, 0.25) is 0 Å². The summed E-state index contributed by atoms with van der Waals surface area (Å²) in [5.74, 6) is 0. The van der Waals surface area contributed by atoms with E-state index < -0.39 is 0 Å². The van der Waals surface area contributed by atoms with Gasteiger partial charge in [-0.2, -0.15) is 0 Å². The molecule has 0 saturated heterocycles. The molecule has 0 amide bonds. The molecule has 0 unspecified atom stereocenters. The number of likely N-dealkylation sites (N-methyl/N-ethyl adjacent to an activating group) is 1. The average Bonchev–Trinajstić information content (AvgIpc) is 2.23. The molecular formula is C13H17N. The third kappa shape index (κ3) is 2.24. The predicted molar refractivity (Wildman–Crippen MR) is 60.3 cm³/mol. The molecule has 0 aromatic heterocycles. The maximum absolute atomic E-state index is 2.42. The van der Waals surface area contributed by atoms with Crippen molar-refractivity contribution in [2.45, 2.75) is 18.9 Å². The number of nitrogens with zero attached hydrogens (tertiary/aromatic N) is 1. The van der Waals surface area contributed by atoms with Crippen LogP contribution in [0.4, 0.5) is 0 Å². The molecule has 1 aromatic carbocycles. The van der Waals surface area contributed by atoms with Crippen molar-refractivity contribution in [3.63, 3.8) is 0 Å². The Balaban J connectivity index is 2.03. The van der Waals surface area contributed by atoms with Crippen LogP contribution in [0, 0.1) is 0 Å². The van der Waals surface area contributed by atoms with Gasteiger partial charge in [-0.3, -0.25) is 4.90 Å². The molecule has 1 aromatic rings. The average molecular weight is 187 g/mol. The molecule has 1 aliphatic rings. The van der Waals surface area contributed by atoms with Crippen molar-refractivity contribution in [2.75, 3.05) is 13.6 Å². The van der Waals surface area contributed by atoms with E-state index in [0.29, 0.717) is 6.04 Å². The maximum atomic E-state index is 2.42. The van der Waals surface area contributed by atoms with E-state index in [1.165, 1.54) is 18.5 Å². The molecule has 14 heavy (non-hydrogen) atoms. The SMILES string of the molecule is CN1CCC=C[C@H]1Cc1ccccc1. The molecule has 0 radical (unpaired) electrons. The smallest absolute Gasteiger partial charge is 0.0315 e. The van der Waals surface area contributed by atoms with Crippen LogP contribution in [0.1, 0.15) is 12.0 Å². The lowest BCUT2D eigenvalue weighted by Crippen LogP contribution is -2.34. The zero-order valence-corrected chi connectivity index (χ0v) is 8.69. The van der Waals surface area contributed by atoms with E-state index >= 15 is 0 Å². The minimum Gasteiger partial charge on any atom is -0.299 e. The standard InChI is InChI=1S/C13H17N/c1-14-10-6-5-9-13(14)11-12-7-3-2-4-8-12/h2-5,7-9,13H,6,10-11H2,1H3/t13-/m0/s1. The summed E-state index contributed by atoms with van der Waals surface area (Å²) in [6.07, 6.45) is 6.96. The molecule has 74 valence electrons. The Hall–Kier alpha value is -1.08. The van der Waals surface area contributed by atoms with Crippen LogP contribution in [0.3, 0.4) is 0 Å². The lowest BCUT2D eigenvalue weighted by molar-refractivity contribution is 0.273. The Morgan fingerprint density at radius 2 is 2.07 bits per heavy atom. The van der Waals surface area contributed by atoms with Crippen molar-refractivity contribution in [3.05, 3.63) is 48.0 Å². The molecule has 1 nitrogen and oxygen atoms in total. The molecule has 1 heterocycles. The highest BCUT2D eigenvalue weighted by atomic mass is 15.1. The normalized spacial score (nSPS) is 22.5. The Labute approximate surface area is 86.1 Å². The van der Waals surface area contributed by atoms with Crippen molar-refractivity contribution < 1.29 is 0 Å². The van der Waals surface area contributed by atoms with Gasteiger partial charge in [-0.1, -0.05) is 42.5 Å². The molecule has 0 spiro atoms. The second kappa shape index (κ2) is 4.43. The Bertz CT molecular complexity index is 302. The Morgan fingerprint density at radius 3 is 2.79 bits per heavy atom. The van der Waals surface area contributed by atoms with Crippen molar-refractivity contribution in [1.29, 1.82) is 0 Å². The molecule has 1 atom stereocenters. The predicted octanol–water partition coefficient (Wildman–Crippen LogP) is 2.49. The molecule has 0 bridgehead atoms. The fraction of sp³-hybridized carbons (Fsp3) is 0.385. The minimum absolute atomic E-state index is 0.589. The fourth-order valence-electron chi connectivity index (χ4n) is 1.92.